The second kappa shape index (κ2) is 9.82. The van der Waals surface area contributed by atoms with Crippen molar-refractivity contribution in [2.24, 2.45) is 10.9 Å². The summed E-state index contributed by atoms with van der Waals surface area (Å²) in [5.41, 5.74) is 1.97. The normalized spacial score (nSPS) is 11.4. The second-order valence-electron chi connectivity index (χ2n) is 5.55. The van der Waals surface area contributed by atoms with Crippen molar-refractivity contribution >= 4 is 17.6 Å². The molecule has 122 valence electrons. The number of hydrogen-bond acceptors (Lipinski definition) is 2. The van der Waals surface area contributed by atoms with Crippen molar-refractivity contribution in [3.8, 4) is 0 Å². The van der Waals surface area contributed by atoms with Gasteiger partial charge in [-0.1, -0.05) is 39.3 Å². The number of hydrogen-bond donors (Lipinski definition) is 3. The average Bonchev–Trinajstić information content (AvgIpc) is 2.52. The molecule has 0 heterocycles. The number of nitrogens with one attached hydrogen (secondary N) is 3. The van der Waals surface area contributed by atoms with Gasteiger partial charge in [-0.15, -0.1) is 0 Å². The lowest BCUT2D eigenvalue weighted by atomic mass is 10.1. The van der Waals surface area contributed by atoms with Crippen molar-refractivity contribution < 1.29 is 4.79 Å². The SMILES string of the molecule is CCCCNC(=NC)NCc1ccc(NC(=O)C(C)C)cc1. The van der Waals surface area contributed by atoms with E-state index in [0.717, 1.165) is 36.6 Å². The van der Waals surface area contributed by atoms with Crippen LogP contribution in [0.1, 0.15) is 39.2 Å². The van der Waals surface area contributed by atoms with Crippen LogP contribution in [-0.2, 0) is 11.3 Å². The number of benzene rings is 1. The van der Waals surface area contributed by atoms with Crippen molar-refractivity contribution in [2.75, 3.05) is 18.9 Å². The van der Waals surface area contributed by atoms with E-state index in [-0.39, 0.29) is 11.8 Å². The molecule has 0 unspecified atom stereocenters. The molecule has 0 saturated heterocycles. The Morgan fingerprint density at radius 3 is 2.41 bits per heavy atom. The van der Waals surface area contributed by atoms with Crippen LogP contribution >= 0.6 is 0 Å². The lowest BCUT2D eigenvalue weighted by Gasteiger charge is -2.12. The van der Waals surface area contributed by atoms with E-state index in [2.05, 4.69) is 27.9 Å². The highest BCUT2D eigenvalue weighted by Crippen LogP contribution is 2.10. The van der Waals surface area contributed by atoms with Gasteiger partial charge in [0.25, 0.3) is 0 Å². The monoisotopic (exact) mass is 304 g/mol. The van der Waals surface area contributed by atoms with E-state index in [1.54, 1.807) is 7.05 Å². The largest absolute Gasteiger partial charge is 0.356 e. The van der Waals surface area contributed by atoms with Gasteiger partial charge in [-0.2, -0.15) is 0 Å². The van der Waals surface area contributed by atoms with E-state index in [0.29, 0.717) is 6.54 Å². The minimum Gasteiger partial charge on any atom is -0.356 e. The van der Waals surface area contributed by atoms with E-state index < -0.39 is 0 Å². The first-order chi connectivity index (χ1) is 10.6. The first-order valence-corrected chi connectivity index (χ1v) is 7.91. The number of nitrogens with zero attached hydrogens (tertiary/aromatic N) is 1. The first kappa shape index (κ1) is 18.0. The molecule has 0 fully saturated rings. The maximum Gasteiger partial charge on any atom is 0.226 e. The molecule has 0 saturated carbocycles. The molecule has 0 radical (unpaired) electrons. The van der Waals surface area contributed by atoms with Gasteiger partial charge in [0.2, 0.25) is 5.91 Å². The third-order valence-corrected chi connectivity index (χ3v) is 3.25. The molecule has 0 atom stereocenters. The molecule has 1 rings (SSSR count). The summed E-state index contributed by atoms with van der Waals surface area (Å²) in [4.78, 5) is 15.8. The standard InChI is InChI=1S/C17H28N4O/c1-5-6-11-19-17(18-4)20-12-14-7-9-15(10-8-14)21-16(22)13(2)3/h7-10,13H,5-6,11-12H2,1-4H3,(H,21,22)(H2,18,19,20). The van der Waals surface area contributed by atoms with Crippen LogP contribution in [0.3, 0.4) is 0 Å². The average molecular weight is 304 g/mol. The lowest BCUT2D eigenvalue weighted by molar-refractivity contribution is -0.118. The van der Waals surface area contributed by atoms with Gasteiger partial charge in [0.05, 0.1) is 0 Å². The molecule has 0 spiro atoms. The van der Waals surface area contributed by atoms with Gasteiger partial charge in [-0.25, -0.2) is 0 Å². The van der Waals surface area contributed by atoms with Gasteiger partial charge in [0.15, 0.2) is 5.96 Å². The summed E-state index contributed by atoms with van der Waals surface area (Å²) in [7, 11) is 1.77. The van der Waals surface area contributed by atoms with Crippen LogP contribution < -0.4 is 16.0 Å². The minimum atomic E-state index is -0.0149. The molecule has 0 aromatic heterocycles. The summed E-state index contributed by atoms with van der Waals surface area (Å²) >= 11 is 0. The van der Waals surface area contributed by atoms with Crippen molar-refractivity contribution in [3.05, 3.63) is 29.8 Å². The number of carbonyl (C=O) groups is 1. The number of unbranched alkanes of at least 4 members (excludes halogenated alkanes) is 1. The predicted octanol–water partition coefficient (Wildman–Crippen LogP) is 2.75. The number of anilines is 1. The molecule has 1 aromatic rings. The molecule has 5 nitrogen and oxygen atoms in total. The predicted molar refractivity (Wildman–Crippen MR) is 93.0 cm³/mol. The van der Waals surface area contributed by atoms with Gasteiger partial charge in [0, 0.05) is 31.7 Å². The van der Waals surface area contributed by atoms with Crippen molar-refractivity contribution in [1.82, 2.24) is 10.6 Å². The van der Waals surface area contributed by atoms with Gasteiger partial charge >= 0.3 is 0 Å². The Morgan fingerprint density at radius 1 is 1.18 bits per heavy atom. The fraction of sp³-hybridized carbons (Fsp3) is 0.529. The topological polar surface area (TPSA) is 65.5 Å². The van der Waals surface area contributed by atoms with Crippen LogP contribution in [-0.4, -0.2) is 25.5 Å². The lowest BCUT2D eigenvalue weighted by Crippen LogP contribution is -2.37. The molecule has 0 aliphatic rings. The van der Waals surface area contributed by atoms with E-state index in [1.807, 2.05) is 38.1 Å². The van der Waals surface area contributed by atoms with Crippen LogP contribution in [0.5, 0.6) is 0 Å². The smallest absolute Gasteiger partial charge is 0.226 e. The Morgan fingerprint density at radius 2 is 1.86 bits per heavy atom. The summed E-state index contributed by atoms with van der Waals surface area (Å²) in [5.74, 6) is 0.830. The van der Waals surface area contributed by atoms with Gasteiger partial charge in [0.1, 0.15) is 0 Å². The summed E-state index contributed by atoms with van der Waals surface area (Å²) in [5, 5.41) is 9.43. The maximum absolute atomic E-state index is 11.6. The number of carbonyl (C=O) groups excluding carboxylic acids is 1. The summed E-state index contributed by atoms with van der Waals surface area (Å²) < 4.78 is 0. The molecule has 22 heavy (non-hydrogen) atoms. The minimum absolute atomic E-state index is 0.0149. The van der Waals surface area contributed by atoms with E-state index in [1.165, 1.54) is 0 Å². The van der Waals surface area contributed by atoms with Crippen LogP contribution in [0.2, 0.25) is 0 Å². The Balaban J connectivity index is 2.45. The van der Waals surface area contributed by atoms with Crippen LogP contribution in [0.15, 0.2) is 29.3 Å². The highest BCUT2D eigenvalue weighted by atomic mass is 16.1. The highest BCUT2D eigenvalue weighted by molar-refractivity contribution is 5.92. The fourth-order valence-electron chi connectivity index (χ4n) is 1.78. The van der Waals surface area contributed by atoms with Gasteiger partial charge < -0.3 is 16.0 Å². The van der Waals surface area contributed by atoms with Crippen LogP contribution in [0, 0.1) is 5.92 Å². The number of aliphatic imine (C=N–C) groups is 1. The molecule has 0 aliphatic heterocycles. The highest BCUT2D eigenvalue weighted by Gasteiger charge is 2.06. The molecule has 0 aliphatic carbocycles. The van der Waals surface area contributed by atoms with Crippen molar-refractivity contribution in [2.45, 2.75) is 40.2 Å². The third kappa shape index (κ3) is 6.61. The molecule has 5 heteroatoms. The maximum atomic E-state index is 11.6. The Bertz CT molecular complexity index is 480. The van der Waals surface area contributed by atoms with Crippen molar-refractivity contribution in [3.63, 3.8) is 0 Å². The molecule has 1 amide bonds. The molecular formula is C17H28N4O. The zero-order valence-corrected chi connectivity index (χ0v) is 14.1. The Hall–Kier alpha value is -2.04. The first-order valence-electron chi connectivity index (χ1n) is 7.91. The zero-order valence-electron chi connectivity index (χ0n) is 14.1. The third-order valence-electron chi connectivity index (χ3n) is 3.25. The van der Waals surface area contributed by atoms with E-state index >= 15 is 0 Å². The molecule has 0 bridgehead atoms. The molecular weight excluding hydrogens is 276 g/mol. The van der Waals surface area contributed by atoms with Crippen LogP contribution in [0.4, 0.5) is 5.69 Å². The van der Waals surface area contributed by atoms with Gasteiger partial charge in [-0.05, 0) is 24.1 Å². The van der Waals surface area contributed by atoms with Crippen LogP contribution in [0.25, 0.3) is 0 Å². The Labute approximate surface area is 133 Å². The fourth-order valence-corrected chi connectivity index (χ4v) is 1.78. The Kier molecular flexibility index (Phi) is 8.04. The quantitative estimate of drug-likeness (QED) is 0.412. The number of amides is 1. The van der Waals surface area contributed by atoms with Crippen molar-refractivity contribution in [1.29, 1.82) is 0 Å². The molecule has 3 N–H and O–H groups in total. The number of guanidine groups is 1. The van der Waals surface area contributed by atoms with E-state index in [9.17, 15) is 4.79 Å². The van der Waals surface area contributed by atoms with E-state index in [4.69, 9.17) is 0 Å². The summed E-state index contributed by atoms with van der Waals surface area (Å²) in [6.45, 7) is 7.55. The van der Waals surface area contributed by atoms with Gasteiger partial charge in [-0.3, -0.25) is 9.79 Å². The number of rotatable bonds is 7. The molecule has 1 aromatic carbocycles. The second-order valence-corrected chi connectivity index (χ2v) is 5.55. The summed E-state index contributed by atoms with van der Waals surface area (Å²) in [6, 6.07) is 7.85. The summed E-state index contributed by atoms with van der Waals surface area (Å²) in [6.07, 6.45) is 2.29. The zero-order chi connectivity index (χ0) is 16.4.